The van der Waals surface area contributed by atoms with Gasteiger partial charge >= 0.3 is 91.3 Å². The summed E-state index contributed by atoms with van der Waals surface area (Å²) in [7, 11) is 0. The molecule has 0 unspecified atom stereocenters. The van der Waals surface area contributed by atoms with Gasteiger partial charge < -0.3 is 0 Å². The Balaban J connectivity index is 2.95. The van der Waals surface area contributed by atoms with Crippen molar-refractivity contribution in [2.45, 2.75) is 26.2 Å². The molecule has 14 heavy (non-hydrogen) atoms. The Kier molecular flexibility index (Phi) is 3.62. The van der Waals surface area contributed by atoms with Gasteiger partial charge in [-0.1, -0.05) is 0 Å². The predicted octanol–water partition coefficient (Wildman–Crippen LogP) is 3.21. The Labute approximate surface area is 91.4 Å². The molecule has 1 rings (SSSR count). The SMILES string of the molecule is [CH2]=[Ti]([F])[O]c1cccc(C(C)(C)C)c1. The first-order chi connectivity index (χ1) is 6.39. The molecule has 0 radical (unpaired) electrons. The van der Waals surface area contributed by atoms with Crippen molar-refractivity contribution in [1.82, 2.24) is 0 Å². The van der Waals surface area contributed by atoms with E-state index in [2.05, 4.69) is 25.6 Å². The van der Waals surface area contributed by atoms with Gasteiger partial charge in [0.1, 0.15) is 0 Å². The van der Waals surface area contributed by atoms with Gasteiger partial charge in [0.25, 0.3) is 0 Å². The van der Waals surface area contributed by atoms with E-state index >= 15 is 0 Å². The molecule has 0 spiro atoms. The van der Waals surface area contributed by atoms with E-state index in [9.17, 15) is 3.09 Å². The topological polar surface area (TPSA) is 9.23 Å². The van der Waals surface area contributed by atoms with Crippen LogP contribution in [0, 0.1) is 0 Å². The maximum absolute atomic E-state index is 12.6. The molecule has 0 saturated carbocycles. The van der Waals surface area contributed by atoms with E-state index in [0.717, 1.165) is 5.56 Å². The quantitative estimate of drug-likeness (QED) is 0.709. The molecular weight excluding hydrogens is 215 g/mol. The molecule has 3 heteroatoms. The summed E-state index contributed by atoms with van der Waals surface area (Å²) in [5.74, 6) is 0.602. The van der Waals surface area contributed by atoms with Gasteiger partial charge in [0, 0.05) is 0 Å². The molecule has 0 fully saturated rings. The second kappa shape index (κ2) is 4.37. The van der Waals surface area contributed by atoms with Crippen LogP contribution in [0.5, 0.6) is 5.75 Å². The molecule has 0 aliphatic carbocycles. The van der Waals surface area contributed by atoms with Crippen molar-refractivity contribution in [1.29, 1.82) is 0 Å². The van der Waals surface area contributed by atoms with Gasteiger partial charge in [0.05, 0.1) is 0 Å². The minimum absolute atomic E-state index is 0.0665. The Morgan fingerprint density at radius 3 is 2.50 bits per heavy atom. The molecular formula is C11H15FOTi. The molecule has 0 atom stereocenters. The second-order valence-corrected chi connectivity index (χ2v) is 5.66. The predicted molar refractivity (Wildman–Crippen MR) is 54.0 cm³/mol. The van der Waals surface area contributed by atoms with E-state index < -0.39 is 18.3 Å². The zero-order valence-corrected chi connectivity index (χ0v) is 10.4. The van der Waals surface area contributed by atoms with Gasteiger partial charge in [-0.15, -0.1) is 0 Å². The standard InChI is InChI=1S/C10H14O.CH2.FH.Ti/c1-10(2,3)8-5-4-6-9(11)7-8;;;/h4-7,11H,1-3H3;1H2;1H;/q;;;+2/p-2. The van der Waals surface area contributed by atoms with Crippen LogP contribution in [0.15, 0.2) is 24.3 Å². The normalized spacial score (nSPS) is 11.1. The zero-order chi connectivity index (χ0) is 10.8. The van der Waals surface area contributed by atoms with E-state index in [-0.39, 0.29) is 5.41 Å². The van der Waals surface area contributed by atoms with E-state index in [0.29, 0.717) is 5.75 Å². The first-order valence-electron chi connectivity index (χ1n) is 4.52. The van der Waals surface area contributed by atoms with Gasteiger partial charge in [-0.05, 0) is 0 Å². The summed E-state index contributed by atoms with van der Waals surface area (Å²) >= 11 is -2.96. The van der Waals surface area contributed by atoms with E-state index in [1.54, 1.807) is 6.07 Å². The van der Waals surface area contributed by atoms with Crippen LogP contribution >= 0.6 is 0 Å². The van der Waals surface area contributed by atoms with Crippen LogP contribution < -0.4 is 3.32 Å². The van der Waals surface area contributed by atoms with E-state index in [1.807, 2.05) is 18.2 Å². The van der Waals surface area contributed by atoms with Gasteiger partial charge in [-0.25, -0.2) is 0 Å². The molecule has 0 N–H and O–H groups in total. The second-order valence-electron chi connectivity index (χ2n) is 4.24. The summed E-state index contributed by atoms with van der Waals surface area (Å²) < 4.78 is 17.7. The fourth-order valence-corrected chi connectivity index (χ4v) is 1.75. The van der Waals surface area contributed by atoms with Crippen molar-refractivity contribution in [2.24, 2.45) is 0 Å². The Hall–Kier alpha value is -0.466. The molecule has 1 aromatic carbocycles. The molecule has 0 saturated heterocycles. The molecule has 0 aromatic heterocycles. The molecule has 0 aliphatic heterocycles. The van der Waals surface area contributed by atoms with Crippen LogP contribution in [0.3, 0.4) is 0 Å². The van der Waals surface area contributed by atoms with Crippen LogP contribution in [0.2, 0.25) is 0 Å². The van der Waals surface area contributed by atoms with Crippen molar-refractivity contribution in [2.75, 3.05) is 0 Å². The van der Waals surface area contributed by atoms with Crippen LogP contribution in [0.4, 0.5) is 3.09 Å². The zero-order valence-electron chi connectivity index (χ0n) is 8.80. The minimum atomic E-state index is -2.96. The number of hydrogen-bond acceptors (Lipinski definition) is 1. The van der Waals surface area contributed by atoms with Gasteiger partial charge in [-0.2, -0.15) is 0 Å². The summed E-state index contributed by atoms with van der Waals surface area (Å²) in [6.07, 6.45) is 0. The van der Waals surface area contributed by atoms with Crippen molar-refractivity contribution < 1.29 is 24.7 Å². The van der Waals surface area contributed by atoms with Crippen LogP contribution in [-0.2, 0) is 23.7 Å². The third-order valence-electron chi connectivity index (χ3n) is 1.93. The molecule has 0 aliphatic rings. The molecule has 0 amide bonds. The number of benzene rings is 1. The van der Waals surface area contributed by atoms with Crippen molar-refractivity contribution in [3.63, 3.8) is 0 Å². The average molecular weight is 230 g/mol. The fraction of sp³-hybridized carbons (Fsp3) is 0.364. The fourth-order valence-electron chi connectivity index (χ4n) is 1.15. The maximum atomic E-state index is 12.6. The average Bonchev–Trinajstić information content (AvgIpc) is 2.01. The molecule has 1 nitrogen and oxygen atoms in total. The molecule has 0 heterocycles. The molecule has 1 aromatic rings. The van der Waals surface area contributed by atoms with Crippen molar-refractivity contribution >= 4 is 4.82 Å². The van der Waals surface area contributed by atoms with E-state index in [4.69, 9.17) is 3.32 Å². The number of hydrogen-bond donors (Lipinski definition) is 0. The van der Waals surface area contributed by atoms with E-state index in [1.165, 1.54) is 0 Å². The van der Waals surface area contributed by atoms with Gasteiger partial charge in [0.2, 0.25) is 0 Å². The summed E-state index contributed by atoms with van der Waals surface area (Å²) in [5.41, 5.74) is 1.21. The van der Waals surface area contributed by atoms with Crippen molar-refractivity contribution in [3.8, 4) is 5.75 Å². The Morgan fingerprint density at radius 2 is 2.00 bits per heavy atom. The van der Waals surface area contributed by atoms with Gasteiger partial charge in [0.15, 0.2) is 0 Å². The summed E-state index contributed by atoms with van der Waals surface area (Å²) in [5, 5.41) is 0. The number of rotatable bonds is 2. The van der Waals surface area contributed by atoms with Gasteiger partial charge in [-0.3, -0.25) is 0 Å². The van der Waals surface area contributed by atoms with Crippen LogP contribution in [-0.4, -0.2) is 4.82 Å². The summed E-state index contributed by atoms with van der Waals surface area (Å²) in [6.45, 7) is 6.34. The first kappa shape index (κ1) is 11.6. The molecule has 76 valence electrons. The number of halogens is 1. The Morgan fingerprint density at radius 1 is 1.36 bits per heavy atom. The summed E-state index contributed by atoms with van der Waals surface area (Å²) in [6, 6.07) is 7.57. The third-order valence-corrected chi connectivity index (χ3v) is 2.64. The van der Waals surface area contributed by atoms with Crippen LogP contribution in [0.1, 0.15) is 26.3 Å². The Bertz CT molecular complexity index is 341. The monoisotopic (exact) mass is 230 g/mol. The molecule has 0 bridgehead atoms. The summed E-state index contributed by atoms with van der Waals surface area (Å²) in [4.78, 5) is 3.30. The first-order valence-corrected chi connectivity index (χ1v) is 6.85. The third kappa shape index (κ3) is 3.35. The van der Waals surface area contributed by atoms with Crippen molar-refractivity contribution in [3.05, 3.63) is 29.8 Å². The van der Waals surface area contributed by atoms with Crippen LogP contribution in [0.25, 0.3) is 0 Å².